The number of thiophene rings is 2. The van der Waals surface area contributed by atoms with Crippen molar-refractivity contribution in [3.05, 3.63) is 46.7 Å². The Morgan fingerprint density at radius 2 is 1.87 bits per heavy atom. The van der Waals surface area contributed by atoms with Crippen molar-refractivity contribution in [2.45, 2.75) is 6.92 Å². The van der Waals surface area contributed by atoms with E-state index in [1.54, 1.807) is 17.4 Å². The van der Waals surface area contributed by atoms with E-state index in [1.807, 2.05) is 11.3 Å². The first-order valence-electron chi connectivity index (χ1n) is 4.58. The number of allylic oxidation sites excluding steroid dienone is 1. The average molecular weight is 230 g/mol. The lowest BCUT2D eigenvalue weighted by molar-refractivity contribution is 1.64. The van der Waals surface area contributed by atoms with Crippen molar-refractivity contribution in [3.8, 4) is 21.6 Å². The molecule has 0 spiro atoms. The molecule has 0 amide bonds. The van der Waals surface area contributed by atoms with E-state index >= 15 is 0 Å². The molecule has 2 heterocycles. The van der Waals surface area contributed by atoms with Crippen LogP contribution in [0.2, 0.25) is 0 Å². The third kappa shape index (κ3) is 2.38. The van der Waals surface area contributed by atoms with E-state index in [2.05, 4.69) is 49.6 Å². The van der Waals surface area contributed by atoms with E-state index < -0.39 is 0 Å². The van der Waals surface area contributed by atoms with Crippen molar-refractivity contribution in [1.29, 1.82) is 0 Å². The lowest BCUT2D eigenvalue weighted by Gasteiger charge is -1.87. The van der Waals surface area contributed by atoms with E-state index in [-0.39, 0.29) is 0 Å². The van der Waals surface area contributed by atoms with E-state index in [4.69, 9.17) is 0 Å². The van der Waals surface area contributed by atoms with Gasteiger partial charge in [-0.05, 0) is 37.3 Å². The third-order valence-electron chi connectivity index (χ3n) is 1.89. The largest absolute Gasteiger partial charge is 0.140 e. The maximum Gasteiger partial charge on any atom is 0.0778 e. The Bertz CT molecular complexity index is 532. The zero-order valence-electron chi connectivity index (χ0n) is 8.41. The van der Waals surface area contributed by atoms with Crippen LogP contribution in [0.4, 0.5) is 0 Å². The fraction of sp³-hybridized carbons (Fsp3) is 0.0769. The molecular weight excluding hydrogens is 220 g/mol. The highest BCUT2D eigenvalue weighted by Crippen LogP contribution is 2.32. The Hall–Kier alpha value is -1.30. The normalized spacial score (nSPS) is 9.40. The molecule has 74 valence electrons. The van der Waals surface area contributed by atoms with Gasteiger partial charge in [-0.15, -0.1) is 22.7 Å². The van der Waals surface area contributed by atoms with Gasteiger partial charge < -0.3 is 0 Å². The Kier molecular flexibility index (Phi) is 3.05. The first-order chi connectivity index (χ1) is 7.29. The fourth-order valence-electron chi connectivity index (χ4n) is 1.23. The molecule has 0 nitrogen and oxygen atoms in total. The topological polar surface area (TPSA) is 0 Å². The second-order valence-electron chi connectivity index (χ2n) is 3.05. The molecular formula is C13H10S2. The van der Waals surface area contributed by atoms with Crippen LogP contribution in [0.1, 0.15) is 9.75 Å². The third-order valence-corrected chi connectivity index (χ3v) is 4.08. The van der Waals surface area contributed by atoms with Crippen LogP contribution >= 0.6 is 22.7 Å². The van der Waals surface area contributed by atoms with Gasteiger partial charge in [0.15, 0.2) is 0 Å². The highest BCUT2D eigenvalue weighted by molar-refractivity contribution is 7.22. The lowest BCUT2D eigenvalue weighted by Crippen LogP contribution is -1.57. The van der Waals surface area contributed by atoms with E-state index in [9.17, 15) is 0 Å². The molecule has 2 rings (SSSR count). The molecule has 0 aliphatic heterocycles. The molecule has 0 N–H and O–H groups in total. The number of aryl methyl sites for hydroxylation is 1. The summed E-state index contributed by atoms with van der Waals surface area (Å²) < 4.78 is 0. The Morgan fingerprint density at radius 3 is 2.53 bits per heavy atom. The summed E-state index contributed by atoms with van der Waals surface area (Å²) in [6, 6.07) is 8.50. The van der Waals surface area contributed by atoms with Gasteiger partial charge in [0, 0.05) is 14.6 Å². The summed E-state index contributed by atoms with van der Waals surface area (Å²) in [5, 5.41) is 0. The Labute approximate surface area is 97.9 Å². The second-order valence-corrected chi connectivity index (χ2v) is 5.42. The van der Waals surface area contributed by atoms with Crippen LogP contribution < -0.4 is 0 Å². The van der Waals surface area contributed by atoms with Gasteiger partial charge in [-0.2, -0.15) is 0 Å². The molecule has 0 aliphatic carbocycles. The molecule has 0 aromatic carbocycles. The first-order valence-corrected chi connectivity index (χ1v) is 6.22. The Balaban J connectivity index is 2.31. The van der Waals surface area contributed by atoms with Gasteiger partial charge in [0.05, 0.1) is 4.88 Å². The summed E-state index contributed by atoms with van der Waals surface area (Å²) >= 11 is 3.55. The second kappa shape index (κ2) is 4.48. The summed E-state index contributed by atoms with van der Waals surface area (Å²) in [5.41, 5.74) is 0. The van der Waals surface area contributed by atoms with Gasteiger partial charge in [0.1, 0.15) is 0 Å². The summed E-state index contributed by atoms with van der Waals surface area (Å²) in [6.45, 7) is 5.70. The maximum atomic E-state index is 3.58. The van der Waals surface area contributed by atoms with Gasteiger partial charge in [0.2, 0.25) is 0 Å². The molecule has 0 unspecified atom stereocenters. The van der Waals surface area contributed by atoms with Crippen molar-refractivity contribution in [2.24, 2.45) is 0 Å². The molecule has 0 atom stereocenters. The maximum absolute atomic E-state index is 3.58. The smallest absolute Gasteiger partial charge is 0.0778 e. The van der Waals surface area contributed by atoms with Crippen molar-refractivity contribution >= 4 is 22.7 Å². The van der Waals surface area contributed by atoms with Gasteiger partial charge in [-0.3, -0.25) is 0 Å². The quantitative estimate of drug-likeness (QED) is 0.640. The predicted octanol–water partition coefficient (Wildman–Crippen LogP) is 4.32. The van der Waals surface area contributed by atoms with Crippen molar-refractivity contribution < 1.29 is 0 Å². The van der Waals surface area contributed by atoms with E-state index in [0.29, 0.717) is 0 Å². The van der Waals surface area contributed by atoms with E-state index in [0.717, 1.165) is 4.88 Å². The monoisotopic (exact) mass is 230 g/mol. The average Bonchev–Trinajstić information content (AvgIpc) is 2.83. The van der Waals surface area contributed by atoms with Crippen LogP contribution in [-0.2, 0) is 0 Å². The van der Waals surface area contributed by atoms with Crippen molar-refractivity contribution in [1.82, 2.24) is 0 Å². The molecule has 2 aromatic heterocycles. The molecule has 0 saturated heterocycles. The number of rotatable bonds is 1. The molecule has 0 radical (unpaired) electrons. The molecule has 0 saturated carbocycles. The van der Waals surface area contributed by atoms with Crippen LogP contribution in [0.25, 0.3) is 9.75 Å². The zero-order valence-corrected chi connectivity index (χ0v) is 10.0. The van der Waals surface area contributed by atoms with Gasteiger partial charge in [0.25, 0.3) is 0 Å². The lowest BCUT2D eigenvalue weighted by atomic mass is 10.3. The van der Waals surface area contributed by atoms with Crippen LogP contribution in [0.15, 0.2) is 36.9 Å². The zero-order chi connectivity index (χ0) is 10.7. The molecule has 0 fully saturated rings. The minimum absolute atomic E-state index is 1.09. The minimum atomic E-state index is 1.09. The van der Waals surface area contributed by atoms with Crippen LogP contribution in [-0.4, -0.2) is 0 Å². The Morgan fingerprint density at radius 1 is 1.13 bits per heavy atom. The van der Waals surface area contributed by atoms with Crippen molar-refractivity contribution in [3.63, 3.8) is 0 Å². The molecule has 0 aliphatic rings. The van der Waals surface area contributed by atoms with Crippen LogP contribution in [0.3, 0.4) is 0 Å². The predicted molar refractivity (Wildman–Crippen MR) is 69.4 cm³/mol. The number of hydrogen-bond donors (Lipinski definition) is 0. The van der Waals surface area contributed by atoms with Gasteiger partial charge in [-0.25, -0.2) is 0 Å². The highest BCUT2D eigenvalue weighted by Gasteiger charge is 2.03. The van der Waals surface area contributed by atoms with E-state index in [1.165, 1.54) is 14.6 Å². The number of hydrogen-bond acceptors (Lipinski definition) is 2. The standard InChI is InChI=1S/C13H10S2/c1-3-4-5-11-7-9-13(15-11)12-8-6-10(2)14-12/h3,6-9H,1H2,2H3. The minimum Gasteiger partial charge on any atom is -0.140 e. The SMILES string of the molecule is C=CC#Cc1ccc(-c2ccc(C)s2)s1. The highest BCUT2D eigenvalue weighted by atomic mass is 32.1. The molecule has 0 bridgehead atoms. The summed E-state index contributed by atoms with van der Waals surface area (Å²) in [6.07, 6.45) is 1.62. The molecule has 2 heteroatoms. The summed E-state index contributed by atoms with van der Waals surface area (Å²) in [4.78, 5) is 5.05. The van der Waals surface area contributed by atoms with Gasteiger partial charge >= 0.3 is 0 Å². The molecule has 2 aromatic rings. The summed E-state index contributed by atoms with van der Waals surface area (Å²) in [7, 11) is 0. The molecule has 15 heavy (non-hydrogen) atoms. The van der Waals surface area contributed by atoms with Crippen molar-refractivity contribution in [2.75, 3.05) is 0 Å². The van der Waals surface area contributed by atoms with Crippen LogP contribution in [0.5, 0.6) is 0 Å². The fourth-order valence-corrected chi connectivity index (χ4v) is 3.05. The summed E-state index contributed by atoms with van der Waals surface area (Å²) in [5.74, 6) is 5.91. The van der Waals surface area contributed by atoms with Crippen LogP contribution in [0, 0.1) is 18.8 Å². The first kappa shape index (κ1) is 10.2. The van der Waals surface area contributed by atoms with Gasteiger partial charge in [-0.1, -0.05) is 18.4 Å².